The number of amides is 2. The van der Waals surface area contributed by atoms with Crippen LogP contribution in [0.4, 0.5) is 14.5 Å². The molecule has 122 valence electrons. The third kappa shape index (κ3) is 4.79. The van der Waals surface area contributed by atoms with E-state index in [1.165, 1.54) is 17.9 Å². The lowest BCUT2D eigenvalue weighted by Crippen LogP contribution is -2.39. The first-order valence-corrected chi connectivity index (χ1v) is 7.41. The molecule has 0 aliphatic carbocycles. The Hall–Kier alpha value is -1.98. The number of carbonyl (C=O) groups excluding carboxylic acids is 2. The van der Waals surface area contributed by atoms with Crippen LogP contribution in [0.1, 0.15) is 33.6 Å². The highest BCUT2D eigenvalue weighted by Gasteiger charge is 2.16. The maximum absolute atomic E-state index is 13.3. The molecule has 0 heterocycles. The lowest BCUT2D eigenvalue weighted by atomic mass is 10.0. The Bertz CT molecular complexity index is 531. The highest BCUT2D eigenvalue weighted by molar-refractivity contribution is 5.91. The Morgan fingerprint density at radius 3 is 2.32 bits per heavy atom. The molecule has 2 amide bonds. The molecule has 6 heteroatoms. The molecule has 1 rings (SSSR count). The first-order valence-electron chi connectivity index (χ1n) is 7.41. The van der Waals surface area contributed by atoms with Crippen molar-refractivity contribution in [3.05, 3.63) is 29.8 Å². The molecule has 1 aromatic rings. The van der Waals surface area contributed by atoms with Gasteiger partial charge >= 0.3 is 0 Å². The van der Waals surface area contributed by atoms with E-state index in [2.05, 4.69) is 5.32 Å². The fourth-order valence-electron chi connectivity index (χ4n) is 2.22. The van der Waals surface area contributed by atoms with E-state index in [9.17, 15) is 18.4 Å². The van der Waals surface area contributed by atoms with Crippen LogP contribution in [0.25, 0.3) is 0 Å². The number of hydrogen-bond acceptors (Lipinski definition) is 2. The van der Waals surface area contributed by atoms with Gasteiger partial charge in [0.25, 0.3) is 0 Å². The molecule has 0 saturated carbocycles. The maximum atomic E-state index is 13.3. The zero-order chi connectivity index (χ0) is 16.7. The van der Waals surface area contributed by atoms with Gasteiger partial charge in [0, 0.05) is 37.7 Å². The topological polar surface area (TPSA) is 49.4 Å². The van der Waals surface area contributed by atoms with Crippen molar-refractivity contribution in [2.75, 3.05) is 18.0 Å². The van der Waals surface area contributed by atoms with Crippen molar-refractivity contribution in [3.8, 4) is 0 Å². The quantitative estimate of drug-likeness (QED) is 0.841. The summed E-state index contributed by atoms with van der Waals surface area (Å²) >= 11 is 0. The van der Waals surface area contributed by atoms with Crippen LogP contribution in [0.5, 0.6) is 0 Å². The number of halogens is 2. The van der Waals surface area contributed by atoms with E-state index in [0.717, 1.165) is 25.0 Å². The molecular weight excluding hydrogens is 290 g/mol. The predicted octanol–water partition coefficient (Wildman–Crippen LogP) is 2.87. The summed E-state index contributed by atoms with van der Waals surface area (Å²) in [4.78, 5) is 24.8. The van der Waals surface area contributed by atoms with Gasteiger partial charge in [0.15, 0.2) is 11.6 Å². The molecule has 0 spiro atoms. The normalized spacial score (nSPS) is 10.6. The molecule has 0 fully saturated rings. The second kappa shape index (κ2) is 8.46. The Morgan fingerprint density at radius 1 is 1.18 bits per heavy atom. The van der Waals surface area contributed by atoms with Crippen LogP contribution in [-0.2, 0) is 9.59 Å². The van der Waals surface area contributed by atoms with E-state index < -0.39 is 11.6 Å². The van der Waals surface area contributed by atoms with Gasteiger partial charge in [-0.3, -0.25) is 9.59 Å². The minimum Gasteiger partial charge on any atom is -0.354 e. The molecule has 1 N–H and O–H groups in total. The maximum Gasteiger partial charge on any atom is 0.223 e. The molecule has 0 saturated heterocycles. The molecule has 0 bridgehead atoms. The zero-order valence-electron chi connectivity index (χ0n) is 13.2. The number of hydrogen-bond donors (Lipinski definition) is 1. The van der Waals surface area contributed by atoms with Crippen LogP contribution in [-0.4, -0.2) is 24.9 Å². The standard InChI is InChI=1S/C16H22F2N2O2/c1-4-12(5-2)16(22)19-8-9-20(11(3)21)13-6-7-14(17)15(18)10-13/h6-7,10,12H,4-5,8-9H2,1-3H3,(H,19,22). The largest absolute Gasteiger partial charge is 0.354 e. The summed E-state index contributed by atoms with van der Waals surface area (Å²) in [6.45, 7) is 5.68. The third-order valence-electron chi connectivity index (χ3n) is 3.59. The molecule has 0 atom stereocenters. The van der Waals surface area contributed by atoms with Gasteiger partial charge in [-0.15, -0.1) is 0 Å². The lowest BCUT2D eigenvalue weighted by molar-refractivity contribution is -0.125. The lowest BCUT2D eigenvalue weighted by Gasteiger charge is -2.22. The van der Waals surface area contributed by atoms with E-state index in [0.29, 0.717) is 0 Å². The predicted molar refractivity (Wildman–Crippen MR) is 81.5 cm³/mol. The number of anilines is 1. The van der Waals surface area contributed by atoms with E-state index in [1.807, 2.05) is 13.8 Å². The smallest absolute Gasteiger partial charge is 0.223 e. The van der Waals surface area contributed by atoms with Gasteiger partial charge in [-0.1, -0.05) is 13.8 Å². The van der Waals surface area contributed by atoms with Gasteiger partial charge in [-0.05, 0) is 25.0 Å². The molecule has 0 aliphatic rings. The third-order valence-corrected chi connectivity index (χ3v) is 3.59. The van der Waals surface area contributed by atoms with Gasteiger partial charge < -0.3 is 10.2 Å². The van der Waals surface area contributed by atoms with Crippen LogP contribution in [0.3, 0.4) is 0 Å². The average Bonchev–Trinajstić information content (AvgIpc) is 2.47. The SMILES string of the molecule is CCC(CC)C(=O)NCCN(C(C)=O)c1ccc(F)c(F)c1. The van der Waals surface area contributed by atoms with E-state index in [1.54, 1.807) is 0 Å². The number of carbonyl (C=O) groups is 2. The van der Waals surface area contributed by atoms with E-state index in [-0.39, 0.29) is 36.5 Å². The van der Waals surface area contributed by atoms with Crippen LogP contribution in [0.2, 0.25) is 0 Å². The molecule has 4 nitrogen and oxygen atoms in total. The Balaban J connectivity index is 2.68. The summed E-state index contributed by atoms with van der Waals surface area (Å²) in [5.74, 6) is -2.38. The Kier molecular flexibility index (Phi) is 6.95. The number of nitrogens with one attached hydrogen (secondary N) is 1. The number of nitrogens with zero attached hydrogens (tertiary/aromatic N) is 1. The Labute approximate surface area is 129 Å². The Morgan fingerprint density at radius 2 is 1.82 bits per heavy atom. The minimum absolute atomic E-state index is 0.0472. The highest BCUT2D eigenvalue weighted by Crippen LogP contribution is 2.18. The van der Waals surface area contributed by atoms with Crippen LogP contribution in [0.15, 0.2) is 18.2 Å². The van der Waals surface area contributed by atoms with Crippen molar-refractivity contribution in [3.63, 3.8) is 0 Å². The van der Waals surface area contributed by atoms with Gasteiger partial charge in [-0.2, -0.15) is 0 Å². The average molecular weight is 312 g/mol. The monoisotopic (exact) mass is 312 g/mol. The molecule has 0 unspecified atom stereocenters. The number of rotatable bonds is 7. The van der Waals surface area contributed by atoms with E-state index >= 15 is 0 Å². The van der Waals surface area contributed by atoms with E-state index in [4.69, 9.17) is 0 Å². The summed E-state index contributed by atoms with van der Waals surface area (Å²) in [6, 6.07) is 3.28. The fraction of sp³-hybridized carbons (Fsp3) is 0.500. The van der Waals surface area contributed by atoms with Crippen molar-refractivity contribution in [2.45, 2.75) is 33.6 Å². The molecule has 0 radical (unpaired) electrons. The minimum atomic E-state index is -1.01. The summed E-state index contributed by atoms with van der Waals surface area (Å²) < 4.78 is 26.2. The first-order chi connectivity index (χ1) is 10.4. The van der Waals surface area contributed by atoms with Crippen molar-refractivity contribution in [1.82, 2.24) is 5.32 Å². The fourth-order valence-corrected chi connectivity index (χ4v) is 2.22. The van der Waals surface area contributed by atoms with Crippen molar-refractivity contribution in [1.29, 1.82) is 0 Å². The van der Waals surface area contributed by atoms with Crippen LogP contribution >= 0.6 is 0 Å². The van der Waals surface area contributed by atoms with Gasteiger partial charge in [0.1, 0.15) is 0 Å². The molecule has 1 aromatic carbocycles. The van der Waals surface area contributed by atoms with Crippen LogP contribution in [0, 0.1) is 17.6 Å². The molecule has 0 aliphatic heterocycles. The molecule has 0 aromatic heterocycles. The van der Waals surface area contributed by atoms with Gasteiger partial charge in [-0.25, -0.2) is 8.78 Å². The highest BCUT2D eigenvalue weighted by atomic mass is 19.2. The molecule has 22 heavy (non-hydrogen) atoms. The van der Waals surface area contributed by atoms with Gasteiger partial charge in [0.2, 0.25) is 11.8 Å². The first kappa shape index (κ1) is 18.1. The summed E-state index contributed by atoms with van der Waals surface area (Å²) in [5.41, 5.74) is 0.267. The van der Waals surface area contributed by atoms with Crippen molar-refractivity contribution < 1.29 is 18.4 Å². The summed E-state index contributed by atoms with van der Waals surface area (Å²) in [5, 5.41) is 2.77. The second-order valence-corrected chi connectivity index (χ2v) is 5.07. The summed E-state index contributed by atoms with van der Waals surface area (Å²) in [7, 11) is 0. The van der Waals surface area contributed by atoms with Gasteiger partial charge in [0.05, 0.1) is 0 Å². The van der Waals surface area contributed by atoms with Crippen molar-refractivity contribution >= 4 is 17.5 Å². The molecular formula is C16H22F2N2O2. The van der Waals surface area contributed by atoms with Crippen LogP contribution < -0.4 is 10.2 Å². The number of benzene rings is 1. The zero-order valence-corrected chi connectivity index (χ0v) is 13.2. The van der Waals surface area contributed by atoms with Crippen molar-refractivity contribution in [2.24, 2.45) is 5.92 Å². The second-order valence-electron chi connectivity index (χ2n) is 5.07. The summed E-state index contributed by atoms with van der Waals surface area (Å²) in [6.07, 6.45) is 1.50.